The number of halogens is 1. The quantitative estimate of drug-likeness (QED) is 0.903. The van der Waals surface area contributed by atoms with Crippen LogP contribution in [0, 0.1) is 0 Å². The normalized spacial score (nSPS) is 12.6. The first kappa shape index (κ1) is 13.1. The SMILES string of the molecule is CCNC(C)c1nnc(Cc2ccccc2Cl)o1. The summed E-state index contributed by atoms with van der Waals surface area (Å²) in [6, 6.07) is 7.73. The molecule has 0 aliphatic rings. The summed E-state index contributed by atoms with van der Waals surface area (Å²) in [7, 11) is 0. The van der Waals surface area contributed by atoms with E-state index in [0.29, 0.717) is 18.2 Å². The summed E-state index contributed by atoms with van der Waals surface area (Å²) in [4.78, 5) is 0. The molecule has 1 N–H and O–H groups in total. The molecule has 4 nitrogen and oxygen atoms in total. The van der Waals surface area contributed by atoms with Gasteiger partial charge in [0.05, 0.1) is 12.5 Å². The third kappa shape index (κ3) is 3.09. The van der Waals surface area contributed by atoms with Gasteiger partial charge in [-0.05, 0) is 25.1 Å². The zero-order chi connectivity index (χ0) is 13.0. The van der Waals surface area contributed by atoms with Crippen LogP contribution in [0.25, 0.3) is 0 Å². The van der Waals surface area contributed by atoms with Gasteiger partial charge in [0.2, 0.25) is 11.8 Å². The predicted molar refractivity (Wildman–Crippen MR) is 70.6 cm³/mol. The van der Waals surface area contributed by atoms with E-state index >= 15 is 0 Å². The molecule has 1 unspecified atom stereocenters. The van der Waals surface area contributed by atoms with Gasteiger partial charge >= 0.3 is 0 Å². The van der Waals surface area contributed by atoms with E-state index in [1.807, 2.05) is 38.1 Å². The highest BCUT2D eigenvalue weighted by Crippen LogP contribution is 2.19. The second kappa shape index (κ2) is 5.98. The molecule has 0 aliphatic carbocycles. The second-order valence-corrected chi connectivity index (χ2v) is 4.49. The van der Waals surface area contributed by atoms with E-state index in [0.717, 1.165) is 17.1 Å². The molecule has 5 heteroatoms. The molecule has 0 radical (unpaired) electrons. The first-order chi connectivity index (χ1) is 8.70. The van der Waals surface area contributed by atoms with Gasteiger partial charge in [-0.25, -0.2) is 0 Å². The van der Waals surface area contributed by atoms with Crippen molar-refractivity contribution in [3.8, 4) is 0 Å². The molecule has 1 atom stereocenters. The number of benzene rings is 1. The maximum atomic E-state index is 6.09. The highest BCUT2D eigenvalue weighted by Gasteiger charge is 2.13. The van der Waals surface area contributed by atoms with Crippen LogP contribution >= 0.6 is 11.6 Å². The van der Waals surface area contributed by atoms with Crippen molar-refractivity contribution in [1.29, 1.82) is 0 Å². The maximum Gasteiger partial charge on any atom is 0.233 e. The van der Waals surface area contributed by atoms with Gasteiger partial charge in [0, 0.05) is 5.02 Å². The minimum Gasteiger partial charge on any atom is -0.423 e. The van der Waals surface area contributed by atoms with Gasteiger partial charge in [0.15, 0.2) is 0 Å². The van der Waals surface area contributed by atoms with Crippen molar-refractivity contribution in [3.63, 3.8) is 0 Å². The van der Waals surface area contributed by atoms with Crippen LogP contribution in [0.1, 0.15) is 37.2 Å². The molecule has 2 rings (SSSR count). The third-order valence-corrected chi connectivity index (χ3v) is 3.03. The standard InChI is InChI=1S/C13H16ClN3O/c1-3-15-9(2)13-17-16-12(18-13)8-10-6-4-5-7-11(10)14/h4-7,9,15H,3,8H2,1-2H3. The van der Waals surface area contributed by atoms with Crippen molar-refractivity contribution >= 4 is 11.6 Å². The molecule has 0 fully saturated rings. The minimum atomic E-state index is 0.0718. The fourth-order valence-electron chi connectivity index (χ4n) is 1.71. The van der Waals surface area contributed by atoms with Crippen LogP contribution in [0.3, 0.4) is 0 Å². The van der Waals surface area contributed by atoms with Crippen molar-refractivity contribution in [2.24, 2.45) is 0 Å². The van der Waals surface area contributed by atoms with Gasteiger partial charge in [0.25, 0.3) is 0 Å². The van der Waals surface area contributed by atoms with Gasteiger partial charge in [0.1, 0.15) is 0 Å². The van der Waals surface area contributed by atoms with Crippen LogP contribution in [-0.4, -0.2) is 16.7 Å². The van der Waals surface area contributed by atoms with Crippen LogP contribution < -0.4 is 5.32 Å². The van der Waals surface area contributed by atoms with E-state index in [1.165, 1.54) is 0 Å². The van der Waals surface area contributed by atoms with E-state index in [-0.39, 0.29) is 6.04 Å². The van der Waals surface area contributed by atoms with E-state index < -0.39 is 0 Å². The molecule has 0 saturated carbocycles. The smallest absolute Gasteiger partial charge is 0.233 e. The lowest BCUT2D eigenvalue weighted by Gasteiger charge is -2.05. The molecule has 1 heterocycles. The number of hydrogen-bond acceptors (Lipinski definition) is 4. The minimum absolute atomic E-state index is 0.0718. The Hall–Kier alpha value is -1.39. The summed E-state index contributed by atoms with van der Waals surface area (Å²) >= 11 is 6.09. The van der Waals surface area contributed by atoms with E-state index in [9.17, 15) is 0 Å². The predicted octanol–water partition coefficient (Wildman–Crippen LogP) is 2.98. The zero-order valence-corrected chi connectivity index (χ0v) is 11.2. The van der Waals surface area contributed by atoms with E-state index in [2.05, 4.69) is 15.5 Å². The highest BCUT2D eigenvalue weighted by molar-refractivity contribution is 6.31. The van der Waals surface area contributed by atoms with Gasteiger partial charge in [-0.1, -0.05) is 36.7 Å². The number of rotatable bonds is 5. The van der Waals surface area contributed by atoms with Crippen molar-refractivity contribution in [2.45, 2.75) is 26.3 Å². The number of nitrogens with zero attached hydrogens (tertiary/aromatic N) is 2. The van der Waals surface area contributed by atoms with Crippen molar-refractivity contribution < 1.29 is 4.42 Å². The summed E-state index contributed by atoms with van der Waals surface area (Å²) in [6.07, 6.45) is 0.561. The molecule has 1 aromatic heterocycles. The fraction of sp³-hybridized carbons (Fsp3) is 0.385. The lowest BCUT2D eigenvalue weighted by Crippen LogP contribution is -2.17. The maximum absolute atomic E-state index is 6.09. The van der Waals surface area contributed by atoms with Crippen LogP contribution in [0.2, 0.25) is 5.02 Å². The average molecular weight is 266 g/mol. The molecule has 0 spiro atoms. The van der Waals surface area contributed by atoms with Crippen LogP contribution in [0.5, 0.6) is 0 Å². The van der Waals surface area contributed by atoms with Crippen LogP contribution in [0.4, 0.5) is 0 Å². The molecule has 0 aliphatic heterocycles. The van der Waals surface area contributed by atoms with Gasteiger partial charge in [-0.3, -0.25) is 0 Å². The largest absolute Gasteiger partial charge is 0.423 e. The Morgan fingerprint density at radius 2 is 2.11 bits per heavy atom. The number of nitrogens with one attached hydrogen (secondary N) is 1. The summed E-state index contributed by atoms with van der Waals surface area (Å²) in [5, 5.41) is 12.0. The Bertz CT molecular complexity index is 512. The summed E-state index contributed by atoms with van der Waals surface area (Å²) in [6.45, 7) is 4.90. The van der Waals surface area contributed by atoms with Crippen molar-refractivity contribution in [2.75, 3.05) is 6.54 Å². The summed E-state index contributed by atoms with van der Waals surface area (Å²) in [5.41, 5.74) is 0.991. The van der Waals surface area contributed by atoms with E-state index in [4.69, 9.17) is 16.0 Å². The Balaban J connectivity index is 2.09. The average Bonchev–Trinajstić information content (AvgIpc) is 2.81. The highest BCUT2D eigenvalue weighted by atomic mass is 35.5. The Labute approximate surface area is 111 Å². The van der Waals surface area contributed by atoms with Gasteiger partial charge in [-0.2, -0.15) is 0 Å². The molecular formula is C13H16ClN3O. The number of hydrogen-bond donors (Lipinski definition) is 1. The lowest BCUT2D eigenvalue weighted by molar-refractivity contribution is 0.401. The number of aromatic nitrogens is 2. The van der Waals surface area contributed by atoms with Gasteiger partial charge in [-0.15, -0.1) is 10.2 Å². The summed E-state index contributed by atoms with van der Waals surface area (Å²) in [5.74, 6) is 1.20. The zero-order valence-electron chi connectivity index (χ0n) is 10.5. The lowest BCUT2D eigenvalue weighted by atomic mass is 10.1. The molecule has 96 valence electrons. The molecule has 1 aromatic carbocycles. The summed E-state index contributed by atoms with van der Waals surface area (Å²) < 4.78 is 5.61. The Morgan fingerprint density at radius 3 is 2.83 bits per heavy atom. The molecule has 0 saturated heterocycles. The molecule has 0 bridgehead atoms. The topological polar surface area (TPSA) is 51.0 Å². The molecular weight excluding hydrogens is 250 g/mol. The van der Waals surface area contributed by atoms with Crippen molar-refractivity contribution in [3.05, 3.63) is 46.6 Å². The van der Waals surface area contributed by atoms with Crippen LogP contribution in [0.15, 0.2) is 28.7 Å². The van der Waals surface area contributed by atoms with Crippen molar-refractivity contribution in [1.82, 2.24) is 15.5 Å². The second-order valence-electron chi connectivity index (χ2n) is 4.08. The molecule has 18 heavy (non-hydrogen) atoms. The first-order valence-electron chi connectivity index (χ1n) is 5.99. The van der Waals surface area contributed by atoms with Gasteiger partial charge < -0.3 is 9.73 Å². The van der Waals surface area contributed by atoms with Crippen LogP contribution in [-0.2, 0) is 6.42 Å². The first-order valence-corrected chi connectivity index (χ1v) is 6.37. The Morgan fingerprint density at radius 1 is 1.33 bits per heavy atom. The van der Waals surface area contributed by atoms with E-state index in [1.54, 1.807) is 0 Å². The monoisotopic (exact) mass is 265 g/mol. The molecule has 2 aromatic rings. The molecule has 0 amide bonds. The Kier molecular flexibility index (Phi) is 4.33. The fourth-order valence-corrected chi connectivity index (χ4v) is 1.91. The third-order valence-electron chi connectivity index (χ3n) is 2.66.